The van der Waals surface area contributed by atoms with Gasteiger partial charge in [0.25, 0.3) is 5.56 Å². The largest absolute Gasteiger partial charge is 0.281 e. The van der Waals surface area contributed by atoms with Gasteiger partial charge in [-0.05, 0) is 24.5 Å². The van der Waals surface area contributed by atoms with Crippen molar-refractivity contribution in [3.8, 4) is 5.69 Å². The molecule has 0 amide bonds. The van der Waals surface area contributed by atoms with Gasteiger partial charge in [-0.1, -0.05) is 18.2 Å². The first kappa shape index (κ1) is 6.56. The molecule has 0 unspecified atom stereocenters. The second-order valence-corrected chi connectivity index (χ2v) is 3.08. The van der Waals surface area contributed by atoms with Crippen LogP contribution in [0.15, 0.2) is 47.4 Å². The molecule has 2 nitrogen and oxygen atoms in total. The first-order valence-corrected chi connectivity index (χ1v) is 4.38. The van der Waals surface area contributed by atoms with E-state index in [-0.39, 0.29) is 11.3 Å². The summed E-state index contributed by atoms with van der Waals surface area (Å²) in [6.45, 7) is -2.33. The molecule has 76 valence electrons. The first-order chi connectivity index (χ1) is 8.39. The van der Waals surface area contributed by atoms with Gasteiger partial charge in [-0.25, -0.2) is 4.39 Å². The minimum atomic E-state index is -2.33. The zero-order valence-corrected chi connectivity index (χ0v) is 7.77. The summed E-state index contributed by atoms with van der Waals surface area (Å²) in [5.74, 6) is -0.581. The Bertz CT molecular complexity index is 634. The van der Waals surface area contributed by atoms with Crippen LogP contribution in [0.1, 0.15) is 9.68 Å². The van der Waals surface area contributed by atoms with Gasteiger partial charge in [0.1, 0.15) is 5.82 Å². The summed E-state index contributed by atoms with van der Waals surface area (Å²) in [7, 11) is 0. The summed E-state index contributed by atoms with van der Waals surface area (Å²) in [5, 5.41) is 0. The highest BCUT2D eigenvalue weighted by atomic mass is 19.1. The van der Waals surface area contributed by atoms with Crippen LogP contribution in [0.4, 0.5) is 4.39 Å². The zero-order chi connectivity index (χ0) is 13.3. The molecule has 2 aromatic rings. The van der Waals surface area contributed by atoms with E-state index in [1.165, 1.54) is 24.3 Å². The lowest BCUT2D eigenvalue weighted by atomic mass is 10.2. The molecule has 1 aromatic carbocycles. The number of halogens is 1. The van der Waals surface area contributed by atoms with Crippen molar-refractivity contribution in [2.75, 3.05) is 0 Å². The van der Waals surface area contributed by atoms with Gasteiger partial charge in [0.2, 0.25) is 0 Å². The van der Waals surface area contributed by atoms with Crippen molar-refractivity contribution in [1.82, 2.24) is 4.57 Å². The van der Waals surface area contributed by atoms with Gasteiger partial charge in [-0.2, -0.15) is 0 Å². The summed E-state index contributed by atoms with van der Waals surface area (Å²) in [5.41, 5.74) is -0.452. The molecule has 0 atom stereocenters. The number of nitrogens with zero attached hydrogens (tertiary/aromatic N) is 1. The summed E-state index contributed by atoms with van der Waals surface area (Å²) in [6.07, 6.45) is 1.15. The third kappa shape index (κ3) is 1.81. The maximum absolute atomic E-state index is 13.6. The quantitative estimate of drug-likeness (QED) is 0.701. The fourth-order valence-corrected chi connectivity index (χ4v) is 1.32. The number of aromatic nitrogens is 1. The second-order valence-electron chi connectivity index (χ2n) is 3.08. The molecule has 0 spiro atoms. The first-order valence-electron chi connectivity index (χ1n) is 5.88. The maximum atomic E-state index is 13.6. The number of hydrogen-bond donors (Lipinski definition) is 0. The molecular weight excluding hydrogens is 193 g/mol. The Balaban J connectivity index is 2.65. The lowest BCUT2D eigenvalue weighted by Crippen LogP contribution is -2.17. The van der Waals surface area contributed by atoms with Crippen molar-refractivity contribution in [2.24, 2.45) is 0 Å². The van der Waals surface area contributed by atoms with Crippen LogP contribution >= 0.6 is 0 Å². The van der Waals surface area contributed by atoms with E-state index in [4.69, 9.17) is 4.11 Å². The maximum Gasteiger partial charge on any atom is 0.255 e. The number of rotatable bonds is 1. The molecule has 0 bridgehead atoms. The normalized spacial score (nSPS) is 14.1. The van der Waals surface area contributed by atoms with Crippen LogP contribution in [0.2, 0.25) is 0 Å². The van der Waals surface area contributed by atoms with Crippen molar-refractivity contribution in [2.45, 2.75) is 6.85 Å². The van der Waals surface area contributed by atoms with E-state index >= 15 is 0 Å². The number of hydrogen-bond acceptors (Lipinski definition) is 1. The number of para-hydroxylation sites is 1. The minimum Gasteiger partial charge on any atom is -0.281 e. The van der Waals surface area contributed by atoms with E-state index in [0.29, 0.717) is 0 Å². The topological polar surface area (TPSA) is 22.0 Å². The summed E-state index contributed by atoms with van der Waals surface area (Å²) in [6, 6.07) is 8.05. The van der Waals surface area contributed by atoms with E-state index in [0.717, 1.165) is 16.8 Å². The molecule has 0 saturated carbocycles. The molecule has 15 heavy (non-hydrogen) atoms. The van der Waals surface area contributed by atoms with E-state index in [2.05, 4.69) is 0 Å². The van der Waals surface area contributed by atoms with Gasteiger partial charge in [0, 0.05) is 16.4 Å². The molecule has 1 aromatic heterocycles. The highest BCUT2D eigenvalue weighted by molar-refractivity contribution is 5.34. The smallest absolute Gasteiger partial charge is 0.255 e. The monoisotopic (exact) mass is 206 g/mol. The van der Waals surface area contributed by atoms with E-state index < -0.39 is 18.2 Å². The predicted molar refractivity (Wildman–Crippen MR) is 56.7 cm³/mol. The highest BCUT2D eigenvalue weighted by Crippen LogP contribution is 2.10. The second kappa shape index (κ2) is 3.69. The zero-order valence-electron chi connectivity index (χ0n) is 10.8. The van der Waals surface area contributed by atoms with Crippen LogP contribution in [-0.2, 0) is 0 Å². The minimum absolute atomic E-state index is 0.00893. The van der Waals surface area contributed by atoms with Gasteiger partial charge in [-0.3, -0.25) is 9.36 Å². The Hall–Kier alpha value is -1.90. The van der Waals surface area contributed by atoms with Gasteiger partial charge in [0.15, 0.2) is 0 Å². The lowest BCUT2D eigenvalue weighted by molar-refractivity contribution is 0.616. The molecule has 0 radical (unpaired) electrons. The third-order valence-electron chi connectivity index (χ3n) is 2.02. The Morgan fingerprint density at radius 2 is 2.07 bits per heavy atom. The van der Waals surface area contributed by atoms with Crippen molar-refractivity contribution in [3.63, 3.8) is 0 Å². The lowest BCUT2D eigenvalue weighted by Gasteiger charge is -2.06. The van der Waals surface area contributed by atoms with Crippen molar-refractivity contribution >= 4 is 0 Å². The molecule has 0 aliphatic carbocycles. The Kier molecular flexibility index (Phi) is 1.61. The van der Waals surface area contributed by atoms with Crippen LogP contribution < -0.4 is 5.56 Å². The predicted octanol–water partition coefficient (Wildman–Crippen LogP) is 2.29. The van der Waals surface area contributed by atoms with Gasteiger partial charge in [-0.15, -0.1) is 0 Å². The van der Waals surface area contributed by atoms with Crippen molar-refractivity contribution in [3.05, 3.63) is 64.3 Å². The summed E-state index contributed by atoms with van der Waals surface area (Å²) >= 11 is 0. The molecule has 1 heterocycles. The van der Waals surface area contributed by atoms with E-state index in [1.807, 2.05) is 0 Å². The Morgan fingerprint density at radius 1 is 1.27 bits per heavy atom. The number of benzene rings is 1. The molecule has 0 saturated heterocycles. The van der Waals surface area contributed by atoms with Gasteiger partial charge in [0.05, 0.1) is 5.69 Å². The number of aryl methyl sites for hydroxylation is 1. The average Bonchev–Trinajstić information content (AvgIpc) is 2.29. The van der Waals surface area contributed by atoms with Crippen LogP contribution in [0, 0.1) is 12.7 Å². The van der Waals surface area contributed by atoms with Crippen LogP contribution in [0.3, 0.4) is 0 Å². The highest BCUT2D eigenvalue weighted by Gasteiger charge is 2.04. The fourth-order valence-electron chi connectivity index (χ4n) is 1.32. The van der Waals surface area contributed by atoms with Crippen molar-refractivity contribution in [1.29, 1.82) is 0 Å². The Labute approximate surface area is 90.8 Å². The third-order valence-corrected chi connectivity index (χ3v) is 2.02. The van der Waals surface area contributed by atoms with Crippen molar-refractivity contribution < 1.29 is 8.50 Å². The SMILES string of the molecule is [2H]C([2H])([2H])c1ccc(=O)n(-c2ccccc2F)c1. The molecular formula is C12H10FNO. The van der Waals surface area contributed by atoms with E-state index in [1.54, 1.807) is 6.07 Å². The summed E-state index contributed by atoms with van der Waals surface area (Å²) < 4.78 is 36.4. The molecule has 0 aliphatic rings. The van der Waals surface area contributed by atoms with E-state index in [9.17, 15) is 9.18 Å². The molecule has 0 aliphatic heterocycles. The molecule has 3 heteroatoms. The van der Waals surface area contributed by atoms with Crippen LogP contribution in [-0.4, -0.2) is 4.57 Å². The molecule has 0 fully saturated rings. The van der Waals surface area contributed by atoms with Crippen LogP contribution in [0.25, 0.3) is 5.69 Å². The van der Waals surface area contributed by atoms with Gasteiger partial charge < -0.3 is 0 Å². The standard InChI is InChI=1S/C12H10FNO/c1-9-6-7-12(15)14(8-9)11-5-3-2-4-10(11)13/h2-8H,1H3/i1D3. The van der Waals surface area contributed by atoms with Gasteiger partial charge >= 0.3 is 0 Å². The molecule has 2 rings (SSSR count). The summed E-state index contributed by atoms with van der Waals surface area (Å²) in [4.78, 5) is 11.7. The average molecular weight is 206 g/mol. The Morgan fingerprint density at radius 3 is 2.80 bits per heavy atom. The number of pyridine rings is 1. The van der Waals surface area contributed by atoms with Crippen LogP contribution in [0.5, 0.6) is 0 Å². The molecule has 0 N–H and O–H groups in total. The fraction of sp³-hybridized carbons (Fsp3) is 0.0833.